The maximum absolute atomic E-state index is 13.9. The first-order chi connectivity index (χ1) is 11.0. The van der Waals surface area contributed by atoms with Crippen LogP contribution in [-0.2, 0) is 6.54 Å². The summed E-state index contributed by atoms with van der Waals surface area (Å²) < 4.78 is 14.7. The lowest BCUT2D eigenvalue weighted by molar-refractivity contribution is 0.0739. The highest BCUT2D eigenvalue weighted by Crippen LogP contribution is 2.24. The Kier molecular flexibility index (Phi) is 6.60. The normalized spacial score (nSPS) is 10.6. The molecule has 5 heteroatoms. The number of halogens is 3. The topological polar surface area (TPSA) is 20.3 Å². The van der Waals surface area contributed by atoms with Gasteiger partial charge in [0.25, 0.3) is 5.91 Å². The van der Waals surface area contributed by atoms with E-state index in [-0.39, 0.29) is 18.3 Å². The lowest BCUT2D eigenvalue weighted by Gasteiger charge is -2.23. The summed E-state index contributed by atoms with van der Waals surface area (Å²) in [6.45, 7) is 2.85. The van der Waals surface area contributed by atoms with Gasteiger partial charge < -0.3 is 4.90 Å². The summed E-state index contributed by atoms with van der Waals surface area (Å²) in [4.78, 5) is 14.5. The van der Waals surface area contributed by atoms with Gasteiger partial charge in [0.05, 0.1) is 10.6 Å². The number of benzene rings is 2. The van der Waals surface area contributed by atoms with Gasteiger partial charge in [0.2, 0.25) is 0 Å². The summed E-state index contributed by atoms with van der Waals surface area (Å²) in [5, 5.41) is 0.388. The molecule has 0 aromatic heterocycles. The third-order valence-corrected chi connectivity index (χ3v) is 4.36. The number of amides is 1. The van der Waals surface area contributed by atoms with Gasteiger partial charge in [-0.15, -0.1) is 0 Å². The number of carbonyl (C=O) groups excluding carboxylic acids is 1. The standard InChI is InChI=1S/C18H18BrClFNO/c1-2-3-10-22(12-13-6-4-5-7-17(13)21)18(23)15-9-8-14(19)11-16(15)20/h4-9,11H,2-3,10,12H2,1H3. The van der Waals surface area contributed by atoms with E-state index in [9.17, 15) is 9.18 Å². The molecule has 0 atom stereocenters. The van der Waals surface area contributed by atoms with E-state index in [1.54, 1.807) is 41.3 Å². The highest BCUT2D eigenvalue weighted by molar-refractivity contribution is 9.10. The van der Waals surface area contributed by atoms with E-state index >= 15 is 0 Å². The maximum Gasteiger partial charge on any atom is 0.255 e. The minimum atomic E-state index is -0.302. The molecule has 0 unspecified atom stereocenters. The summed E-state index contributed by atoms with van der Waals surface area (Å²) in [7, 11) is 0. The first-order valence-corrected chi connectivity index (χ1v) is 8.67. The largest absolute Gasteiger partial charge is 0.334 e. The lowest BCUT2D eigenvalue weighted by Crippen LogP contribution is -2.32. The van der Waals surface area contributed by atoms with Gasteiger partial charge in [-0.25, -0.2) is 4.39 Å². The molecule has 0 aliphatic rings. The third-order valence-electron chi connectivity index (χ3n) is 3.55. The minimum Gasteiger partial charge on any atom is -0.334 e. The predicted octanol–water partition coefficient (Wildman–Crippen LogP) is 5.68. The van der Waals surface area contributed by atoms with Gasteiger partial charge in [-0.1, -0.05) is 59.1 Å². The smallest absolute Gasteiger partial charge is 0.255 e. The van der Waals surface area contributed by atoms with Crippen molar-refractivity contribution in [2.75, 3.05) is 6.54 Å². The van der Waals surface area contributed by atoms with Gasteiger partial charge in [-0.3, -0.25) is 4.79 Å². The van der Waals surface area contributed by atoms with Crippen molar-refractivity contribution in [2.45, 2.75) is 26.3 Å². The quantitative estimate of drug-likeness (QED) is 0.612. The second-order valence-corrected chi connectivity index (χ2v) is 6.62. The van der Waals surface area contributed by atoms with Gasteiger partial charge >= 0.3 is 0 Å². The Balaban J connectivity index is 2.26. The van der Waals surface area contributed by atoms with E-state index in [2.05, 4.69) is 22.9 Å². The average molecular weight is 399 g/mol. The fourth-order valence-corrected chi connectivity index (χ4v) is 3.02. The number of rotatable bonds is 6. The summed E-state index contributed by atoms with van der Waals surface area (Å²) >= 11 is 9.51. The summed E-state index contributed by atoms with van der Waals surface area (Å²) in [6.07, 6.45) is 1.81. The summed E-state index contributed by atoms with van der Waals surface area (Å²) in [5.74, 6) is -0.483. The zero-order valence-corrected chi connectivity index (χ0v) is 15.2. The van der Waals surface area contributed by atoms with Crippen molar-refractivity contribution in [1.82, 2.24) is 4.90 Å². The van der Waals surface area contributed by atoms with Crippen LogP contribution in [0, 0.1) is 5.82 Å². The van der Waals surface area contributed by atoms with Gasteiger partial charge in [-0.2, -0.15) is 0 Å². The van der Waals surface area contributed by atoms with Gasteiger partial charge in [0.1, 0.15) is 5.82 Å². The van der Waals surface area contributed by atoms with Crippen LogP contribution in [0.25, 0.3) is 0 Å². The van der Waals surface area contributed by atoms with Crippen LogP contribution >= 0.6 is 27.5 Å². The molecule has 0 saturated carbocycles. The first-order valence-electron chi connectivity index (χ1n) is 7.50. The molecule has 2 nitrogen and oxygen atoms in total. The first kappa shape index (κ1) is 18.0. The van der Waals surface area contributed by atoms with E-state index in [0.29, 0.717) is 22.7 Å². The minimum absolute atomic E-state index is 0.181. The van der Waals surface area contributed by atoms with Crippen LogP contribution in [0.15, 0.2) is 46.9 Å². The van der Waals surface area contributed by atoms with Gasteiger partial charge in [0.15, 0.2) is 0 Å². The third kappa shape index (κ3) is 4.79. The van der Waals surface area contributed by atoms with Gasteiger partial charge in [-0.05, 0) is 30.7 Å². The zero-order chi connectivity index (χ0) is 16.8. The number of hydrogen-bond donors (Lipinski definition) is 0. The monoisotopic (exact) mass is 397 g/mol. The lowest BCUT2D eigenvalue weighted by atomic mass is 10.1. The molecule has 2 rings (SSSR count). The van der Waals surface area contributed by atoms with E-state index in [1.807, 2.05) is 0 Å². The second-order valence-electron chi connectivity index (χ2n) is 5.30. The fraction of sp³-hybridized carbons (Fsp3) is 0.278. The molecule has 0 saturated heterocycles. The molecule has 0 fully saturated rings. The van der Waals surface area contributed by atoms with Crippen molar-refractivity contribution in [1.29, 1.82) is 0 Å². The molecular weight excluding hydrogens is 381 g/mol. The van der Waals surface area contributed by atoms with Crippen molar-refractivity contribution in [3.05, 3.63) is 68.9 Å². The molecule has 2 aromatic rings. The van der Waals surface area contributed by atoms with Crippen molar-refractivity contribution in [2.24, 2.45) is 0 Å². The van der Waals surface area contributed by atoms with Crippen molar-refractivity contribution < 1.29 is 9.18 Å². The van der Waals surface area contributed by atoms with Crippen LogP contribution in [0.3, 0.4) is 0 Å². The van der Waals surface area contributed by atoms with Crippen LogP contribution < -0.4 is 0 Å². The average Bonchev–Trinajstić information content (AvgIpc) is 2.52. The molecule has 0 aliphatic carbocycles. The summed E-state index contributed by atoms with van der Waals surface area (Å²) in [6, 6.07) is 11.7. The van der Waals surface area contributed by atoms with E-state index in [0.717, 1.165) is 17.3 Å². The Morgan fingerprint density at radius 3 is 2.65 bits per heavy atom. The Morgan fingerprint density at radius 2 is 2.00 bits per heavy atom. The highest BCUT2D eigenvalue weighted by Gasteiger charge is 2.19. The highest BCUT2D eigenvalue weighted by atomic mass is 79.9. The van der Waals surface area contributed by atoms with Crippen molar-refractivity contribution in [3.63, 3.8) is 0 Å². The van der Waals surface area contributed by atoms with Crippen LogP contribution in [0.5, 0.6) is 0 Å². The van der Waals surface area contributed by atoms with Crippen LogP contribution in [0.1, 0.15) is 35.7 Å². The van der Waals surface area contributed by atoms with E-state index in [1.165, 1.54) is 6.07 Å². The van der Waals surface area contributed by atoms with E-state index < -0.39 is 0 Å². The number of unbranched alkanes of at least 4 members (excludes halogenated alkanes) is 1. The molecule has 0 spiro atoms. The van der Waals surface area contributed by atoms with Crippen LogP contribution in [-0.4, -0.2) is 17.4 Å². The van der Waals surface area contributed by atoms with Crippen LogP contribution in [0.2, 0.25) is 5.02 Å². The van der Waals surface area contributed by atoms with Crippen molar-refractivity contribution in [3.8, 4) is 0 Å². The van der Waals surface area contributed by atoms with Crippen molar-refractivity contribution >= 4 is 33.4 Å². The Labute approximate surface area is 149 Å². The Bertz CT molecular complexity index is 692. The van der Waals surface area contributed by atoms with E-state index in [4.69, 9.17) is 11.6 Å². The molecule has 1 amide bonds. The molecule has 0 N–H and O–H groups in total. The SMILES string of the molecule is CCCCN(Cc1ccccc1F)C(=O)c1ccc(Br)cc1Cl. The Hall–Kier alpha value is -1.39. The molecule has 0 aliphatic heterocycles. The molecule has 0 bridgehead atoms. The molecule has 23 heavy (non-hydrogen) atoms. The number of nitrogens with zero attached hydrogens (tertiary/aromatic N) is 1. The molecule has 122 valence electrons. The molecule has 2 aromatic carbocycles. The predicted molar refractivity (Wildman–Crippen MR) is 95.2 cm³/mol. The fourth-order valence-electron chi connectivity index (χ4n) is 2.27. The molecular formula is C18H18BrClFNO. The second kappa shape index (κ2) is 8.46. The molecule has 0 radical (unpaired) electrons. The van der Waals surface area contributed by atoms with Gasteiger partial charge in [0, 0.05) is 23.1 Å². The Morgan fingerprint density at radius 1 is 1.26 bits per heavy atom. The number of carbonyl (C=O) groups is 1. The number of hydrogen-bond acceptors (Lipinski definition) is 1. The zero-order valence-electron chi connectivity index (χ0n) is 12.9. The maximum atomic E-state index is 13.9. The summed E-state index contributed by atoms with van der Waals surface area (Å²) in [5.41, 5.74) is 0.937. The van der Waals surface area contributed by atoms with Crippen LogP contribution in [0.4, 0.5) is 4.39 Å². The molecule has 0 heterocycles.